The summed E-state index contributed by atoms with van der Waals surface area (Å²) in [4.78, 5) is 7.99. The Kier molecular flexibility index (Phi) is 4.97. The molecule has 0 bridgehead atoms. The van der Waals surface area contributed by atoms with Gasteiger partial charge in [0.1, 0.15) is 18.8 Å². The topological polar surface area (TPSA) is 53.5 Å². The SMILES string of the molecule is COC(OC)c1cncnc1OCc1ccc(F)cc1. The Morgan fingerprint density at radius 1 is 1.15 bits per heavy atom. The highest BCUT2D eigenvalue weighted by Gasteiger charge is 2.16. The van der Waals surface area contributed by atoms with Gasteiger partial charge in [0, 0.05) is 20.4 Å². The number of methoxy groups -OCH3 is 2. The van der Waals surface area contributed by atoms with Gasteiger partial charge in [-0.25, -0.2) is 14.4 Å². The van der Waals surface area contributed by atoms with Gasteiger partial charge in [-0.1, -0.05) is 12.1 Å². The Bertz CT molecular complexity index is 544. The molecule has 0 atom stereocenters. The summed E-state index contributed by atoms with van der Waals surface area (Å²) >= 11 is 0. The molecule has 0 N–H and O–H groups in total. The van der Waals surface area contributed by atoms with Crippen molar-refractivity contribution in [1.29, 1.82) is 0 Å². The first-order valence-corrected chi connectivity index (χ1v) is 5.97. The van der Waals surface area contributed by atoms with Crippen LogP contribution in [0.25, 0.3) is 0 Å². The quantitative estimate of drug-likeness (QED) is 0.760. The van der Waals surface area contributed by atoms with Crippen LogP contribution in [0.15, 0.2) is 36.8 Å². The fourth-order valence-corrected chi connectivity index (χ4v) is 1.69. The van der Waals surface area contributed by atoms with Crippen LogP contribution in [-0.2, 0) is 16.1 Å². The van der Waals surface area contributed by atoms with Gasteiger partial charge in [0.15, 0.2) is 6.29 Å². The minimum Gasteiger partial charge on any atom is -0.472 e. The zero-order valence-corrected chi connectivity index (χ0v) is 11.2. The molecule has 0 radical (unpaired) electrons. The van der Waals surface area contributed by atoms with Gasteiger partial charge in [-0.2, -0.15) is 0 Å². The van der Waals surface area contributed by atoms with Crippen molar-refractivity contribution in [3.8, 4) is 5.88 Å². The maximum atomic E-state index is 12.8. The molecular formula is C14H15FN2O3. The van der Waals surface area contributed by atoms with E-state index in [2.05, 4.69) is 9.97 Å². The van der Waals surface area contributed by atoms with E-state index in [0.29, 0.717) is 11.4 Å². The lowest BCUT2D eigenvalue weighted by Gasteiger charge is -2.16. The molecule has 0 aliphatic rings. The predicted molar refractivity (Wildman–Crippen MR) is 69.5 cm³/mol. The van der Waals surface area contributed by atoms with E-state index in [1.54, 1.807) is 18.3 Å². The molecule has 1 heterocycles. The predicted octanol–water partition coefficient (Wildman–Crippen LogP) is 2.49. The Morgan fingerprint density at radius 2 is 1.85 bits per heavy atom. The number of hydrogen-bond acceptors (Lipinski definition) is 5. The molecule has 0 saturated carbocycles. The van der Waals surface area contributed by atoms with Crippen molar-refractivity contribution in [3.63, 3.8) is 0 Å². The second-order valence-corrected chi connectivity index (χ2v) is 4.00. The highest BCUT2D eigenvalue weighted by Crippen LogP contribution is 2.25. The summed E-state index contributed by atoms with van der Waals surface area (Å²) in [5.41, 5.74) is 1.43. The number of rotatable bonds is 6. The van der Waals surface area contributed by atoms with E-state index in [1.807, 2.05) is 0 Å². The van der Waals surface area contributed by atoms with Crippen LogP contribution in [0.1, 0.15) is 17.4 Å². The van der Waals surface area contributed by atoms with Crippen molar-refractivity contribution in [2.75, 3.05) is 14.2 Å². The third-order valence-electron chi connectivity index (χ3n) is 2.67. The molecule has 0 aliphatic heterocycles. The fraction of sp³-hybridized carbons (Fsp3) is 0.286. The monoisotopic (exact) mass is 278 g/mol. The number of hydrogen-bond donors (Lipinski definition) is 0. The van der Waals surface area contributed by atoms with Crippen LogP contribution in [0.4, 0.5) is 4.39 Å². The number of aromatic nitrogens is 2. The molecule has 20 heavy (non-hydrogen) atoms. The molecule has 0 fully saturated rings. The van der Waals surface area contributed by atoms with E-state index >= 15 is 0 Å². The smallest absolute Gasteiger partial charge is 0.225 e. The minimum atomic E-state index is -0.598. The van der Waals surface area contributed by atoms with E-state index < -0.39 is 6.29 Å². The lowest BCUT2D eigenvalue weighted by atomic mass is 10.2. The standard InChI is InChI=1S/C14H15FN2O3/c1-18-14(19-2)12-7-16-9-17-13(12)20-8-10-3-5-11(15)6-4-10/h3-7,9,14H,8H2,1-2H3. The van der Waals surface area contributed by atoms with E-state index in [9.17, 15) is 4.39 Å². The largest absolute Gasteiger partial charge is 0.472 e. The van der Waals surface area contributed by atoms with Crippen LogP contribution in [0.5, 0.6) is 5.88 Å². The zero-order chi connectivity index (χ0) is 14.4. The van der Waals surface area contributed by atoms with Crippen LogP contribution < -0.4 is 4.74 Å². The van der Waals surface area contributed by atoms with Gasteiger partial charge in [0.2, 0.25) is 5.88 Å². The van der Waals surface area contributed by atoms with E-state index in [0.717, 1.165) is 5.56 Å². The van der Waals surface area contributed by atoms with E-state index in [1.165, 1.54) is 32.7 Å². The third kappa shape index (κ3) is 3.49. The molecule has 1 aromatic carbocycles. The van der Waals surface area contributed by atoms with E-state index in [-0.39, 0.29) is 12.4 Å². The minimum absolute atomic E-state index is 0.268. The summed E-state index contributed by atoms with van der Waals surface area (Å²) in [6, 6.07) is 6.07. The Morgan fingerprint density at radius 3 is 2.50 bits per heavy atom. The van der Waals surface area contributed by atoms with Gasteiger partial charge in [0.25, 0.3) is 0 Å². The van der Waals surface area contributed by atoms with Crippen LogP contribution in [-0.4, -0.2) is 24.2 Å². The van der Waals surface area contributed by atoms with Crippen molar-refractivity contribution in [2.45, 2.75) is 12.9 Å². The van der Waals surface area contributed by atoms with Crippen molar-refractivity contribution >= 4 is 0 Å². The molecule has 2 aromatic rings. The van der Waals surface area contributed by atoms with Gasteiger partial charge < -0.3 is 14.2 Å². The second kappa shape index (κ2) is 6.93. The van der Waals surface area contributed by atoms with Crippen molar-refractivity contribution in [2.24, 2.45) is 0 Å². The maximum absolute atomic E-state index is 12.8. The van der Waals surface area contributed by atoms with Crippen LogP contribution in [0.2, 0.25) is 0 Å². The number of nitrogens with zero attached hydrogens (tertiary/aromatic N) is 2. The second-order valence-electron chi connectivity index (χ2n) is 4.00. The highest BCUT2D eigenvalue weighted by atomic mass is 19.1. The highest BCUT2D eigenvalue weighted by molar-refractivity contribution is 5.24. The summed E-state index contributed by atoms with van der Waals surface area (Å²) in [6.07, 6.45) is 2.36. The number of benzene rings is 1. The molecule has 0 amide bonds. The average Bonchev–Trinajstić information content (AvgIpc) is 2.49. The number of ether oxygens (including phenoxy) is 3. The fourth-order valence-electron chi connectivity index (χ4n) is 1.69. The molecule has 0 unspecified atom stereocenters. The Labute approximate surface area is 116 Å². The van der Waals surface area contributed by atoms with Crippen LogP contribution in [0, 0.1) is 5.82 Å². The molecule has 6 heteroatoms. The molecular weight excluding hydrogens is 263 g/mol. The Hall–Kier alpha value is -2.05. The molecule has 0 spiro atoms. The number of halogens is 1. The van der Waals surface area contributed by atoms with Gasteiger partial charge >= 0.3 is 0 Å². The lowest BCUT2D eigenvalue weighted by molar-refractivity contribution is -0.107. The summed E-state index contributed by atoms with van der Waals surface area (Å²) in [7, 11) is 3.04. The Balaban J connectivity index is 2.11. The van der Waals surface area contributed by atoms with Gasteiger partial charge in [0.05, 0.1) is 5.56 Å². The summed E-state index contributed by atoms with van der Waals surface area (Å²) in [6.45, 7) is 0.268. The molecule has 5 nitrogen and oxygen atoms in total. The molecule has 0 aliphatic carbocycles. The van der Waals surface area contributed by atoms with Crippen LogP contribution >= 0.6 is 0 Å². The van der Waals surface area contributed by atoms with Crippen molar-refractivity contribution in [1.82, 2.24) is 9.97 Å². The lowest BCUT2D eigenvalue weighted by Crippen LogP contribution is -2.09. The first-order valence-electron chi connectivity index (χ1n) is 5.97. The molecule has 2 rings (SSSR count). The molecule has 0 saturated heterocycles. The van der Waals surface area contributed by atoms with E-state index in [4.69, 9.17) is 14.2 Å². The summed E-state index contributed by atoms with van der Waals surface area (Å²) in [5.74, 6) is 0.0910. The average molecular weight is 278 g/mol. The molecule has 1 aromatic heterocycles. The summed E-state index contributed by atoms with van der Waals surface area (Å²) in [5, 5.41) is 0. The zero-order valence-electron chi connectivity index (χ0n) is 11.2. The van der Waals surface area contributed by atoms with Crippen molar-refractivity contribution < 1.29 is 18.6 Å². The van der Waals surface area contributed by atoms with Gasteiger partial charge in [-0.15, -0.1) is 0 Å². The first-order chi connectivity index (χ1) is 9.74. The maximum Gasteiger partial charge on any atom is 0.225 e. The van der Waals surface area contributed by atoms with Crippen molar-refractivity contribution in [3.05, 3.63) is 53.7 Å². The summed E-state index contributed by atoms with van der Waals surface area (Å²) < 4.78 is 28.8. The van der Waals surface area contributed by atoms with Crippen LogP contribution in [0.3, 0.4) is 0 Å². The van der Waals surface area contributed by atoms with Gasteiger partial charge in [-0.3, -0.25) is 0 Å². The first kappa shape index (κ1) is 14.4. The molecule has 106 valence electrons. The van der Waals surface area contributed by atoms with Gasteiger partial charge in [-0.05, 0) is 17.7 Å². The normalized spacial score (nSPS) is 10.8. The third-order valence-corrected chi connectivity index (χ3v) is 2.67.